The standard InChI is InChI=1S/C27H26N2O3/c1-16-10-11-17(2)24(14-16)29-26(30)25(20-8-6-5-7-9-20)32-27(31)21-12-13-23-22(15-21)18(3)19(4)28-23/h5-15,25,28H,1-4H3,(H,29,30). The van der Waals surface area contributed by atoms with Gasteiger partial charge in [0.05, 0.1) is 5.56 Å². The van der Waals surface area contributed by atoms with E-state index in [-0.39, 0.29) is 0 Å². The molecule has 5 heteroatoms. The number of ether oxygens (including phenoxy) is 1. The monoisotopic (exact) mass is 426 g/mol. The number of carbonyl (C=O) groups excluding carboxylic acids is 2. The van der Waals surface area contributed by atoms with Crippen LogP contribution in [0.5, 0.6) is 0 Å². The highest BCUT2D eigenvalue weighted by Crippen LogP contribution is 2.26. The van der Waals surface area contributed by atoms with E-state index >= 15 is 0 Å². The first-order chi connectivity index (χ1) is 15.3. The number of nitrogens with one attached hydrogen (secondary N) is 2. The number of hydrogen-bond acceptors (Lipinski definition) is 3. The van der Waals surface area contributed by atoms with Crippen LogP contribution in [0.3, 0.4) is 0 Å². The lowest BCUT2D eigenvalue weighted by atomic mass is 10.1. The third kappa shape index (κ3) is 4.28. The highest BCUT2D eigenvalue weighted by Gasteiger charge is 2.26. The second-order valence-electron chi connectivity index (χ2n) is 8.14. The molecule has 4 aromatic rings. The van der Waals surface area contributed by atoms with Gasteiger partial charge in [-0.2, -0.15) is 0 Å². The Labute approximate surface area is 187 Å². The van der Waals surface area contributed by atoms with Gasteiger partial charge in [-0.1, -0.05) is 42.5 Å². The van der Waals surface area contributed by atoms with Crippen LogP contribution in [0.15, 0.2) is 66.7 Å². The Balaban J connectivity index is 1.64. The van der Waals surface area contributed by atoms with Crippen LogP contribution in [0.25, 0.3) is 10.9 Å². The predicted octanol–water partition coefficient (Wildman–Crippen LogP) is 5.94. The zero-order valence-corrected chi connectivity index (χ0v) is 18.7. The van der Waals surface area contributed by atoms with Crippen LogP contribution in [0.1, 0.15) is 44.4 Å². The van der Waals surface area contributed by atoms with Gasteiger partial charge in [0.15, 0.2) is 0 Å². The molecule has 0 saturated heterocycles. The molecule has 0 bridgehead atoms. The maximum Gasteiger partial charge on any atom is 0.339 e. The van der Waals surface area contributed by atoms with Crippen molar-refractivity contribution in [3.63, 3.8) is 0 Å². The first-order valence-electron chi connectivity index (χ1n) is 10.6. The van der Waals surface area contributed by atoms with E-state index in [9.17, 15) is 9.59 Å². The highest BCUT2D eigenvalue weighted by atomic mass is 16.5. The molecule has 0 aliphatic carbocycles. The van der Waals surface area contributed by atoms with Crippen LogP contribution in [0.2, 0.25) is 0 Å². The number of rotatable bonds is 5. The quantitative estimate of drug-likeness (QED) is 0.388. The van der Waals surface area contributed by atoms with Crippen LogP contribution in [-0.4, -0.2) is 16.9 Å². The van der Waals surface area contributed by atoms with Gasteiger partial charge < -0.3 is 15.0 Å². The van der Waals surface area contributed by atoms with Crippen molar-refractivity contribution in [2.75, 3.05) is 5.32 Å². The van der Waals surface area contributed by atoms with Crippen LogP contribution in [0.4, 0.5) is 5.69 Å². The summed E-state index contributed by atoms with van der Waals surface area (Å²) in [5.74, 6) is -0.942. The van der Waals surface area contributed by atoms with E-state index in [0.29, 0.717) is 16.8 Å². The molecular weight excluding hydrogens is 400 g/mol. The molecule has 1 unspecified atom stereocenters. The fraction of sp³-hybridized carbons (Fsp3) is 0.185. The lowest BCUT2D eigenvalue weighted by molar-refractivity contribution is -0.125. The number of esters is 1. The third-order valence-corrected chi connectivity index (χ3v) is 5.76. The molecule has 3 aromatic carbocycles. The Morgan fingerprint density at radius 2 is 1.66 bits per heavy atom. The molecule has 4 rings (SSSR count). The molecular formula is C27H26N2O3. The maximum atomic E-state index is 13.2. The summed E-state index contributed by atoms with van der Waals surface area (Å²) in [7, 11) is 0. The molecule has 162 valence electrons. The molecule has 32 heavy (non-hydrogen) atoms. The van der Waals surface area contributed by atoms with E-state index in [2.05, 4.69) is 10.3 Å². The van der Waals surface area contributed by atoms with E-state index < -0.39 is 18.0 Å². The number of aryl methyl sites for hydroxylation is 4. The minimum Gasteiger partial charge on any atom is -0.444 e. The summed E-state index contributed by atoms with van der Waals surface area (Å²) in [5.41, 5.74) is 6.78. The van der Waals surface area contributed by atoms with Gasteiger partial charge in [-0.25, -0.2) is 4.79 Å². The SMILES string of the molecule is Cc1ccc(C)c(NC(=O)C(OC(=O)c2ccc3[nH]c(C)c(C)c3c2)c2ccccc2)c1. The zero-order valence-electron chi connectivity index (χ0n) is 18.7. The highest BCUT2D eigenvalue weighted by molar-refractivity contribution is 6.00. The van der Waals surface area contributed by atoms with Crippen molar-refractivity contribution in [2.24, 2.45) is 0 Å². The average Bonchev–Trinajstić information content (AvgIpc) is 3.08. The van der Waals surface area contributed by atoms with Crippen LogP contribution in [0, 0.1) is 27.7 Å². The number of aromatic amines is 1. The summed E-state index contributed by atoms with van der Waals surface area (Å²) in [4.78, 5) is 29.6. The Hall–Kier alpha value is -3.86. The zero-order chi connectivity index (χ0) is 22.8. The summed E-state index contributed by atoms with van der Waals surface area (Å²) in [6, 6.07) is 20.3. The van der Waals surface area contributed by atoms with Gasteiger partial charge in [-0.3, -0.25) is 4.79 Å². The molecule has 1 aromatic heterocycles. The van der Waals surface area contributed by atoms with Gasteiger partial charge in [0.1, 0.15) is 0 Å². The van der Waals surface area contributed by atoms with Crippen LogP contribution >= 0.6 is 0 Å². The van der Waals surface area contributed by atoms with Gasteiger partial charge in [-0.15, -0.1) is 0 Å². The fourth-order valence-corrected chi connectivity index (χ4v) is 3.73. The first-order valence-corrected chi connectivity index (χ1v) is 10.6. The molecule has 1 heterocycles. The third-order valence-electron chi connectivity index (χ3n) is 5.76. The van der Waals surface area contributed by atoms with E-state index in [1.54, 1.807) is 24.3 Å². The van der Waals surface area contributed by atoms with Crippen molar-refractivity contribution in [3.05, 3.63) is 100 Å². The van der Waals surface area contributed by atoms with Crippen molar-refractivity contribution >= 4 is 28.5 Å². The van der Waals surface area contributed by atoms with Gasteiger partial charge in [-0.05, 0) is 68.7 Å². The first kappa shape index (κ1) is 21.4. The van der Waals surface area contributed by atoms with Crippen LogP contribution in [-0.2, 0) is 9.53 Å². The second-order valence-corrected chi connectivity index (χ2v) is 8.14. The number of benzene rings is 3. The largest absolute Gasteiger partial charge is 0.444 e. The number of H-pyrrole nitrogens is 1. The average molecular weight is 427 g/mol. The molecule has 5 nitrogen and oxygen atoms in total. The molecule has 0 spiro atoms. The number of amides is 1. The van der Waals surface area contributed by atoms with Crippen molar-refractivity contribution < 1.29 is 14.3 Å². The number of fused-ring (bicyclic) bond motifs is 1. The topological polar surface area (TPSA) is 71.2 Å². The molecule has 0 fully saturated rings. The molecule has 1 atom stereocenters. The van der Waals surface area contributed by atoms with Crippen LogP contribution < -0.4 is 5.32 Å². The molecule has 0 aliphatic rings. The lowest BCUT2D eigenvalue weighted by Crippen LogP contribution is -2.26. The van der Waals surface area contributed by atoms with E-state index in [4.69, 9.17) is 4.74 Å². The summed E-state index contributed by atoms with van der Waals surface area (Å²) in [6.45, 7) is 7.89. The lowest BCUT2D eigenvalue weighted by Gasteiger charge is -2.19. The van der Waals surface area contributed by atoms with Gasteiger partial charge >= 0.3 is 5.97 Å². The smallest absolute Gasteiger partial charge is 0.339 e. The molecule has 2 N–H and O–H groups in total. The van der Waals surface area contributed by atoms with E-state index in [0.717, 1.165) is 33.3 Å². The number of anilines is 1. The molecule has 0 aliphatic heterocycles. The number of hydrogen-bond donors (Lipinski definition) is 2. The van der Waals surface area contributed by atoms with Crippen molar-refractivity contribution in [1.29, 1.82) is 0 Å². The van der Waals surface area contributed by atoms with Crippen molar-refractivity contribution in [3.8, 4) is 0 Å². The fourth-order valence-electron chi connectivity index (χ4n) is 3.73. The Morgan fingerprint density at radius 3 is 2.41 bits per heavy atom. The van der Waals surface area contributed by atoms with Gasteiger partial charge in [0.2, 0.25) is 6.10 Å². The van der Waals surface area contributed by atoms with Crippen molar-refractivity contribution in [2.45, 2.75) is 33.8 Å². The van der Waals surface area contributed by atoms with E-state index in [1.165, 1.54) is 0 Å². The van der Waals surface area contributed by atoms with Gasteiger partial charge in [0.25, 0.3) is 5.91 Å². The summed E-state index contributed by atoms with van der Waals surface area (Å²) in [6.07, 6.45) is -1.08. The maximum absolute atomic E-state index is 13.2. The summed E-state index contributed by atoms with van der Waals surface area (Å²) in [5, 5.41) is 3.89. The molecule has 0 radical (unpaired) electrons. The minimum atomic E-state index is -1.08. The van der Waals surface area contributed by atoms with Crippen molar-refractivity contribution in [1.82, 2.24) is 4.98 Å². The normalized spacial score (nSPS) is 11.9. The Morgan fingerprint density at radius 1 is 0.906 bits per heavy atom. The Kier molecular flexibility index (Phi) is 5.82. The second kappa shape index (κ2) is 8.71. The number of aromatic nitrogens is 1. The molecule has 1 amide bonds. The summed E-state index contributed by atoms with van der Waals surface area (Å²) < 4.78 is 5.76. The molecule has 0 saturated carbocycles. The summed E-state index contributed by atoms with van der Waals surface area (Å²) >= 11 is 0. The predicted molar refractivity (Wildman–Crippen MR) is 127 cm³/mol. The minimum absolute atomic E-state index is 0.395. The van der Waals surface area contributed by atoms with E-state index in [1.807, 2.05) is 70.2 Å². The number of carbonyl (C=O) groups is 2. The van der Waals surface area contributed by atoms with Gasteiger partial charge in [0, 0.05) is 27.8 Å². The Bertz CT molecular complexity index is 1310.